The van der Waals surface area contributed by atoms with Gasteiger partial charge in [0.1, 0.15) is 0 Å². The predicted octanol–water partition coefficient (Wildman–Crippen LogP) is 3.02. The third kappa shape index (κ3) is 7.33. The number of alkyl halides is 3. The molecule has 1 aromatic carbocycles. The molecule has 0 fully saturated rings. The maximum absolute atomic E-state index is 12.8. The number of hydrogen-bond donors (Lipinski definition) is 1. The molecule has 5 nitrogen and oxygen atoms in total. The molecule has 0 radical (unpaired) electrons. The highest BCUT2D eigenvalue weighted by Crippen LogP contribution is 2.32. The fraction of sp³-hybridized carbons (Fsp3) is 0.562. The van der Waals surface area contributed by atoms with E-state index in [1.807, 2.05) is 13.8 Å². The van der Waals surface area contributed by atoms with Crippen LogP contribution in [-0.2, 0) is 21.0 Å². The number of carbonyl (C=O) groups excluding carboxylic acids is 1. The Balaban J connectivity index is 2.82. The van der Waals surface area contributed by atoms with E-state index < -0.39 is 21.8 Å². The van der Waals surface area contributed by atoms with Gasteiger partial charge in [0.2, 0.25) is 15.9 Å². The van der Waals surface area contributed by atoms with Crippen LogP contribution in [0.5, 0.6) is 0 Å². The molecule has 1 rings (SSSR count). The van der Waals surface area contributed by atoms with E-state index in [9.17, 15) is 26.4 Å². The Hall–Kier alpha value is -1.77. The quantitative estimate of drug-likeness (QED) is 0.754. The number of benzene rings is 1. The zero-order valence-electron chi connectivity index (χ0n) is 14.4. The van der Waals surface area contributed by atoms with Crippen LogP contribution in [0, 0.1) is 5.92 Å². The van der Waals surface area contributed by atoms with Gasteiger partial charge in [-0.2, -0.15) is 13.2 Å². The number of nitrogens with zero attached hydrogens (tertiary/aromatic N) is 1. The van der Waals surface area contributed by atoms with Crippen molar-refractivity contribution >= 4 is 21.6 Å². The SMILES string of the molecule is CC(C)CNC(=O)CCCN(c1cccc(C(F)(F)F)c1)S(C)(=O)=O. The molecule has 25 heavy (non-hydrogen) atoms. The molecule has 1 aromatic rings. The maximum Gasteiger partial charge on any atom is 0.416 e. The van der Waals surface area contributed by atoms with Crippen LogP contribution in [0.1, 0.15) is 32.3 Å². The van der Waals surface area contributed by atoms with Crippen molar-refractivity contribution in [3.63, 3.8) is 0 Å². The number of sulfonamides is 1. The minimum atomic E-state index is -4.56. The summed E-state index contributed by atoms with van der Waals surface area (Å²) >= 11 is 0. The van der Waals surface area contributed by atoms with Gasteiger partial charge in [-0.15, -0.1) is 0 Å². The Labute approximate surface area is 146 Å². The monoisotopic (exact) mass is 380 g/mol. The van der Waals surface area contributed by atoms with E-state index in [0.717, 1.165) is 28.8 Å². The van der Waals surface area contributed by atoms with Crippen LogP contribution in [-0.4, -0.2) is 33.7 Å². The van der Waals surface area contributed by atoms with Gasteiger partial charge in [-0.25, -0.2) is 8.42 Å². The van der Waals surface area contributed by atoms with Crippen molar-refractivity contribution in [2.45, 2.75) is 32.9 Å². The summed E-state index contributed by atoms with van der Waals surface area (Å²) in [4.78, 5) is 11.7. The van der Waals surface area contributed by atoms with Crippen LogP contribution in [0.2, 0.25) is 0 Å². The van der Waals surface area contributed by atoms with Crippen LogP contribution in [0.25, 0.3) is 0 Å². The van der Waals surface area contributed by atoms with Crippen molar-refractivity contribution < 1.29 is 26.4 Å². The largest absolute Gasteiger partial charge is 0.416 e. The second-order valence-corrected chi connectivity index (χ2v) is 8.09. The molecule has 0 aromatic heterocycles. The number of halogens is 3. The van der Waals surface area contributed by atoms with Crippen LogP contribution in [0.15, 0.2) is 24.3 Å². The average molecular weight is 380 g/mol. The molecule has 1 amide bonds. The summed E-state index contributed by atoms with van der Waals surface area (Å²) in [6.07, 6.45) is -3.34. The predicted molar refractivity (Wildman–Crippen MR) is 90.7 cm³/mol. The van der Waals surface area contributed by atoms with Gasteiger partial charge in [-0.05, 0) is 30.5 Å². The summed E-state index contributed by atoms with van der Waals surface area (Å²) in [6.45, 7) is 4.33. The summed E-state index contributed by atoms with van der Waals surface area (Å²) in [7, 11) is -3.77. The van der Waals surface area contributed by atoms with E-state index in [2.05, 4.69) is 5.32 Å². The molecule has 1 N–H and O–H groups in total. The van der Waals surface area contributed by atoms with Gasteiger partial charge in [0.15, 0.2) is 0 Å². The third-order valence-corrected chi connectivity index (χ3v) is 4.53. The number of carbonyl (C=O) groups is 1. The number of amides is 1. The lowest BCUT2D eigenvalue weighted by Gasteiger charge is -2.23. The van der Waals surface area contributed by atoms with Gasteiger partial charge >= 0.3 is 6.18 Å². The maximum atomic E-state index is 12.8. The van der Waals surface area contributed by atoms with Crippen LogP contribution in [0.3, 0.4) is 0 Å². The fourth-order valence-electron chi connectivity index (χ4n) is 2.11. The van der Waals surface area contributed by atoms with Gasteiger partial charge in [0, 0.05) is 19.5 Å². The molecule has 0 saturated heterocycles. The summed E-state index contributed by atoms with van der Waals surface area (Å²) in [5.74, 6) is 0.0766. The molecule has 0 atom stereocenters. The van der Waals surface area contributed by atoms with Crippen molar-refractivity contribution in [3.05, 3.63) is 29.8 Å². The van der Waals surface area contributed by atoms with E-state index in [-0.39, 0.29) is 31.0 Å². The highest BCUT2D eigenvalue weighted by molar-refractivity contribution is 7.92. The number of anilines is 1. The third-order valence-electron chi connectivity index (χ3n) is 3.33. The van der Waals surface area contributed by atoms with Crippen molar-refractivity contribution in [1.82, 2.24) is 5.32 Å². The first-order chi connectivity index (χ1) is 11.4. The van der Waals surface area contributed by atoms with Crippen molar-refractivity contribution in [2.24, 2.45) is 5.92 Å². The summed E-state index contributed by atoms with van der Waals surface area (Å²) in [6, 6.07) is 4.13. The Morgan fingerprint density at radius 1 is 1.28 bits per heavy atom. The van der Waals surface area contributed by atoms with E-state index in [1.54, 1.807) is 0 Å². The zero-order valence-corrected chi connectivity index (χ0v) is 15.2. The summed E-state index contributed by atoms with van der Waals surface area (Å²) < 4.78 is 63.2. The first-order valence-corrected chi connectivity index (χ1v) is 9.67. The summed E-state index contributed by atoms with van der Waals surface area (Å²) in [5.41, 5.74) is -0.992. The molecule has 0 unspecified atom stereocenters. The molecule has 0 bridgehead atoms. The number of rotatable bonds is 8. The van der Waals surface area contributed by atoms with Gasteiger partial charge in [-0.1, -0.05) is 19.9 Å². The molecule has 142 valence electrons. The van der Waals surface area contributed by atoms with Gasteiger partial charge in [0.05, 0.1) is 17.5 Å². The Morgan fingerprint density at radius 2 is 1.92 bits per heavy atom. The normalized spacial score (nSPS) is 12.3. The minimum absolute atomic E-state index is 0.0695. The molecule has 9 heteroatoms. The van der Waals surface area contributed by atoms with Crippen LogP contribution < -0.4 is 9.62 Å². The molecular weight excluding hydrogens is 357 g/mol. The Bertz CT molecular complexity index is 688. The van der Waals surface area contributed by atoms with E-state index in [1.165, 1.54) is 6.07 Å². The second kappa shape index (κ2) is 8.55. The van der Waals surface area contributed by atoms with E-state index in [0.29, 0.717) is 12.5 Å². The molecule has 0 heterocycles. The topological polar surface area (TPSA) is 66.5 Å². The molecule has 0 spiro atoms. The molecular formula is C16H23F3N2O3S. The molecule has 0 aliphatic rings. The second-order valence-electron chi connectivity index (χ2n) is 6.18. The summed E-state index contributed by atoms with van der Waals surface area (Å²) in [5, 5.41) is 2.71. The average Bonchev–Trinajstić information content (AvgIpc) is 2.47. The van der Waals surface area contributed by atoms with Crippen molar-refractivity contribution in [1.29, 1.82) is 0 Å². The first kappa shape index (κ1) is 21.3. The Morgan fingerprint density at radius 3 is 2.44 bits per heavy atom. The first-order valence-electron chi connectivity index (χ1n) is 7.83. The number of hydrogen-bond acceptors (Lipinski definition) is 3. The minimum Gasteiger partial charge on any atom is -0.356 e. The lowest BCUT2D eigenvalue weighted by Crippen LogP contribution is -2.33. The van der Waals surface area contributed by atoms with Crippen molar-refractivity contribution in [3.8, 4) is 0 Å². The molecule has 0 aliphatic carbocycles. The molecule has 0 saturated carbocycles. The van der Waals surface area contributed by atoms with Crippen molar-refractivity contribution in [2.75, 3.05) is 23.7 Å². The standard InChI is InChI=1S/C16H23F3N2O3S/c1-12(2)11-20-15(22)8-5-9-21(25(3,23)24)14-7-4-6-13(10-14)16(17,18)19/h4,6-7,10,12H,5,8-9,11H2,1-3H3,(H,20,22). The smallest absolute Gasteiger partial charge is 0.356 e. The van der Waals surface area contributed by atoms with Crippen LogP contribution in [0.4, 0.5) is 18.9 Å². The highest BCUT2D eigenvalue weighted by Gasteiger charge is 2.31. The highest BCUT2D eigenvalue weighted by atomic mass is 32.2. The Kier molecular flexibility index (Phi) is 7.28. The van der Waals surface area contributed by atoms with Gasteiger partial charge in [-0.3, -0.25) is 9.10 Å². The number of nitrogens with one attached hydrogen (secondary N) is 1. The molecule has 0 aliphatic heterocycles. The van der Waals surface area contributed by atoms with Gasteiger partial charge in [0.25, 0.3) is 0 Å². The van der Waals surface area contributed by atoms with Gasteiger partial charge < -0.3 is 5.32 Å². The lowest BCUT2D eigenvalue weighted by atomic mass is 10.2. The lowest BCUT2D eigenvalue weighted by molar-refractivity contribution is -0.137. The van der Waals surface area contributed by atoms with E-state index in [4.69, 9.17) is 0 Å². The fourth-order valence-corrected chi connectivity index (χ4v) is 3.07. The zero-order chi connectivity index (χ0) is 19.3. The van der Waals surface area contributed by atoms with Crippen LogP contribution >= 0.6 is 0 Å². The van der Waals surface area contributed by atoms with E-state index >= 15 is 0 Å².